The van der Waals surface area contributed by atoms with E-state index in [-0.39, 0.29) is 24.2 Å². The average Bonchev–Trinajstić information content (AvgIpc) is 3.04. The highest BCUT2D eigenvalue weighted by atomic mass is 19.1. The number of alkyl halides is 1. The first-order valence-electron chi connectivity index (χ1n) is 8.78. The summed E-state index contributed by atoms with van der Waals surface area (Å²) in [4.78, 5) is 31.5. The molecule has 3 N–H and O–H groups in total. The number of nitrogens with zero attached hydrogens (tertiary/aromatic N) is 6. The Hall–Kier alpha value is -3.24. The predicted octanol–water partition coefficient (Wildman–Crippen LogP) is -0.995. The van der Waals surface area contributed by atoms with Crippen molar-refractivity contribution < 1.29 is 9.50 Å². The van der Waals surface area contributed by atoms with E-state index < -0.39 is 11.9 Å². The van der Waals surface area contributed by atoms with E-state index in [0.29, 0.717) is 35.4 Å². The molecule has 1 saturated heterocycles. The maximum absolute atomic E-state index is 13.6. The van der Waals surface area contributed by atoms with Gasteiger partial charge in [-0.1, -0.05) is 0 Å². The van der Waals surface area contributed by atoms with Gasteiger partial charge in [0.1, 0.15) is 11.9 Å². The zero-order valence-electron chi connectivity index (χ0n) is 14.3. The van der Waals surface area contributed by atoms with Crippen LogP contribution in [0.1, 0.15) is 25.0 Å². The number of imidazole rings is 1. The van der Waals surface area contributed by atoms with Crippen molar-refractivity contribution in [3.63, 3.8) is 0 Å². The van der Waals surface area contributed by atoms with Gasteiger partial charge in [-0.3, -0.25) is 4.98 Å². The summed E-state index contributed by atoms with van der Waals surface area (Å²) >= 11 is 0. The van der Waals surface area contributed by atoms with Gasteiger partial charge in [-0.15, -0.1) is 0 Å². The van der Waals surface area contributed by atoms with E-state index in [2.05, 4.69) is 30.0 Å². The summed E-state index contributed by atoms with van der Waals surface area (Å²) < 4.78 is 15.2. The first-order chi connectivity index (χ1) is 13.1. The van der Waals surface area contributed by atoms with E-state index in [9.17, 15) is 14.3 Å². The highest BCUT2D eigenvalue weighted by Crippen LogP contribution is 2.22. The Morgan fingerprint density at radius 2 is 2.15 bits per heavy atom. The maximum Gasteiger partial charge on any atom is 0.326 e. The van der Waals surface area contributed by atoms with Gasteiger partial charge in [0.15, 0.2) is 5.65 Å². The third-order valence-electron chi connectivity index (χ3n) is 4.66. The topological polar surface area (TPSA) is 128 Å². The fourth-order valence-corrected chi connectivity index (χ4v) is 3.11. The second-order valence-corrected chi connectivity index (χ2v) is 6.84. The van der Waals surface area contributed by atoms with Gasteiger partial charge in [-0.05, 0) is 25.3 Å². The van der Waals surface area contributed by atoms with Crippen molar-refractivity contribution in [2.75, 3.05) is 18.0 Å². The van der Waals surface area contributed by atoms with E-state index in [1.807, 2.05) is 0 Å². The van der Waals surface area contributed by atoms with E-state index >= 15 is 0 Å². The molecule has 0 aromatic carbocycles. The quantitative estimate of drug-likeness (QED) is 0.541. The number of hydrogen-bond donors (Lipinski definition) is 3. The van der Waals surface area contributed by atoms with Crippen LogP contribution in [0, 0.1) is 0 Å². The molecule has 1 atom stereocenters. The van der Waals surface area contributed by atoms with Gasteiger partial charge in [0, 0.05) is 11.8 Å². The molecule has 10 nitrogen and oxygen atoms in total. The fourth-order valence-electron chi connectivity index (χ4n) is 3.11. The van der Waals surface area contributed by atoms with Crippen molar-refractivity contribution in [2.24, 2.45) is 4.99 Å². The van der Waals surface area contributed by atoms with E-state index in [4.69, 9.17) is 0 Å². The van der Waals surface area contributed by atoms with Crippen LogP contribution < -0.4 is 21.4 Å². The Bertz CT molecular complexity index is 1190. The predicted molar refractivity (Wildman–Crippen MR) is 93.0 cm³/mol. The molecule has 0 bridgehead atoms. The minimum absolute atomic E-state index is 0.223. The van der Waals surface area contributed by atoms with Gasteiger partial charge in [0.05, 0.1) is 18.8 Å². The third kappa shape index (κ3) is 2.94. The molecule has 4 heterocycles. The molecule has 0 radical (unpaired) electrons. The van der Waals surface area contributed by atoms with Crippen LogP contribution in [0.2, 0.25) is 0 Å². The summed E-state index contributed by atoms with van der Waals surface area (Å²) in [6, 6.07) is 0.227. The normalized spacial score (nSPS) is 21.7. The lowest BCUT2D eigenvalue weighted by atomic mass is 10.3. The highest BCUT2D eigenvalue weighted by Gasteiger charge is 2.25. The summed E-state index contributed by atoms with van der Waals surface area (Å²) in [5.74, 6) is 0.139. The van der Waals surface area contributed by atoms with Crippen LogP contribution in [0.25, 0.3) is 11.7 Å². The number of aromatic amines is 2. The number of fused-ring (bicyclic) bond motifs is 1. The van der Waals surface area contributed by atoms with Gasteiger partial charge >= 0.3 is 5.69 Å². The summed E-state index contributed by atoms with van der Waals surface area (Å²) in [7, 11) is 0. The number of nitrogens with one attached hydrogen (secondary N) is 2. The molecule has 1 saturated carbocycles. The summed E-state index contributed by atoms with van der Waals surface area (Å²) in [5, 5.41) is 14.7. The zero-order valence-corrected chi connectivity index (χ0v) is 14.3. The van der Waals surface area contributed by atoms with E-state index in [1.54, 1.807) is 17.2 Å². The van der Waals surface area contributed by atoms with Crippen molar-refractivity contribution in [2.45, 2.75) is 31.5 Å². The molecule has 2 aliphatic rings. The first-order valence-corrected chi connectivity index (χ1v) is 8.78. The molecule has 5 rings (SSSR count). The molecule has 27 heavy (non-hydrogen) atoms. The fraction of sp³-hybridized carbons (Fsp3) is 0.438. The number of hydrogen-bond acceptors (Lipinski definition) is 7. The highest BCUT2D eigenvalue weighted by molar-refractivity contribution is 5.57. The molecule has 0 spiro atoms. The second kappa shape index (κ2) is 5.89. The summed E-state index contributed by atoms with van der Waals surface area (Å²) in [5.41, 5.74) is 0.608. The molecule has 11 heteroatoms. The molecule has 1 aliphatic carbocycles. The van der Waals surface area contributed by atoms with Crippen molar-refractivity contribution in [3.8, 4) is 5.88 Å². The van der Waals surface area contributed by atoms with Crippen LogP contribution in [-0.4, -0.2) is 60.0 Å². The number of H-pyrrole nitrogens is 2. The Labute approximate surface area is 151 Å². The minimum Gasteiger partial charge on any atom is -0.493 e. The van der Waals surface area contributed by atoms with Crippen molar-refractivity contribution in [3.05, 3.63) is 33.2 Å². The Morgan fingerprint density at radius 1 is 1.30 bits per heavy atom. The lowest BCUT2D eigenvalue weighted by molar-refractivity contribution is 0.364. The molecule has 3 aromatic heterocycles. The number of anilines is 1. The number of halogens is 1. The van der Waals surface area contributed by atoms with Crippen LogP contribution in [0.4, 0.5) is 10.3 Å². The van der Waals surface area contributed by atoms with Crippen LogP contribution in [0.3, 0.4) is 0 Å². The monoisotopic (exact) mass is 372 g/mol. The SMILES string of the molecule is O=c1[nH]c(O)c(/C=c2\cnn3c(=NC4CC4)nc(N4CC[C@H](F)C4)nc23)[nH]1. The zero-order chi connectivity index (χ0) is 18.5. The lowest BCUT2D eigenvalue weighted by Crippen LogP contribution is -2.30. The number of rotatable bonds is 3. The molecular formula is C16H17FN8O2. The smallest absolute Gasteiger partial charge is 0.326 e. The molecule has 0 amide bonds. The number of aromatic nitrogens is 6. The second-order valence-electron chi connectivity index (χ2n) is 6.84. The Morgan fingerprint density at radius 3 is 2.81 bits per heavy atom. The van der Waals surface area contributed by atoms with Crippen molar-refractivity contribution in [1.29, 1.82) is 0 Å². The minimum atomic E-state index is -0.897. The molecule has 3 aromatic rings. The maximum atomic E-state index is 13.6. The standard InChI is InChI=1S/C16H17FN8O2/c17-9-3-4-24(7-9)14-21-12-8(5-11-13(26)22-16(27)20-11)6-18-25(12)15(23-14)19-10-1-2-10/h5-6,9-10,26H,1-4,7H2,(H2,20,22,27)/b8-5+,19-15?/t9-/m0/s1. The van der Waals surface area contributed by atoms with Gasteiger partial charge in [0.25, 0.3) is 5.62 Å². The lowest BCUT2D eigenvalue weighted by Gasteiger charge is -2.14. The van der Waals surface area contributed by atoms with Crippen LogP contribution in [0.5, 0.6) is 5.88 Å². The summed E-state index contributed by atoms with van der Waals surface area (Å²) in [6.07, 6.45) is 4.69. The van der Waals surface area contributed by atoms with Gasteiger partial charge in [-0.2, -0.15) is 19.6 Å². The Balaban J connectivity index is 1.71. The molecular weight excluding hydrogens is 355 g/mol. The third-order valence-corrected chi connectivity index (χ3v) is 4.66. The average molecular weight is 372 g/mol. The molecule has 2 fully saturated rings. The van der Waals surface area contributed by atoms with Crippen LogP contribution in [-0.2, 0) is 0 Å². The molecule has 1 aliphatic heterocycles. The van der Waals surface area contributed by atoms with Gasteiger partial charge in [0.2, 0.25) is 11.8 Å². The molecule has 0 unspecified atom stereocenters. The first kappa shape index (κ1) is 16.0. The van der Waals surface area contributed by atoms with E-state index in [1.165, 1.54) is 4.52 Å². The van der Waals surface area contributed by atoms with Crippen molar-refractivity contribution in [1.82, 2.24) is 29.5 Å². The van der Waals surface area contributed by atoms with Crippen LogP contribution >= 0.6 is 0 Å². The summed E-state index contributed by atoms with van der Waals surface area (Å²) in [6.45, 7) is 0.789. The largest absolute Gasteiger partial charge is 0.493 e. The number of aromatic hydroxyl groups is 1. The van der Waals surface area contributed by atoms with Crippen molar-refractivity contribution >= 4 is 17.7 Å². The van der Waals surface area contributed by atoms with E-state index in [0.717, 1.165) is 12.8 Å². The molecule has 140 valence electrons. The van der Waals surface area contributed by atoms with Gasteiger partial charge in [-0.25, -0.2) is 14.2 Å². The Kier molecular flexibility index (Phi) is 3.49. The van der Waals surface area contributed by atoms with Gasteiger partial charge < -0.3 is 15.0 Å². The van der Waals surface area contributed by atoms with Crippen LogP contribution in [0.15, 0.2) is 16.0 Å².